The number of phenols is 2. The average Bonchev–Trinajstić information content (AvgIpc) is 2.86. The van der Waals surface area contributed by atoms with E-state index in [2.05, 4.69) is 10.3 Å². The van der Waals surface area contributed by atoms with Gasteiger partial charge in [0.2, 0.25) is 0 Å². The van der Waals surface area contributed by atoms with Gasteiger partial charge in [-0.05, 0) is 62.1 Å². The van der Waals surface area contributed by atoms with Crippen molar-refractivity contribution in [3.8, 4) is 23.0 Å². The largest absolute Gasteiger partial charge is 0.507 e. The van der Waals surface area contributed by atoms with Crippen molar-refractivity contribution >= 4 is 11.4 Å². The van der Waals surface area contributed by atoms with Gasteiger partial charge in [-0.2, -0.15) is 0 Å². The Morgan fingerprint density at radius 3 is 1.29 bits per heavy atom. The molecule has 2 aromatic carbocycles. The highest BCUT2D eigenvalue weighted by Gasteiger charge is 2.12. The van der Waals surface area contributed by atoms with E-state index in [0.29, 0.717) is 46.9 Å². The first-order valence-corrected chi connectivity index (χ1v) is 11.7. The SMILES string of the molecule is COc1ccc(O)c(/C(CCCCCCCCCC/C(=N/O)c2cc(OC)ccc2O)=N\O)c1. The van der Waals surface area contributed by atoms with Crippen molar-refractivity contribution in [2.45, 2.75) is 64.2 Å². The third-order valence-electron chi connectivity index (χ3n) is 5.85. The fraction of sp³-hybridized carbons (Fsp3) is 0.462. The van der Waals surface area contributed by atoms with Gasteiger partial charge in [0.1, 0.15) is 23.0 Å². The molecule has 0 aliphatic heterocycles. The summed E-state index contributed by atoms with van der Waals surface area (Å²) in [5.74, 6) is 1.35. The fourth-order valence-electron chi connectivity index (χ4n) is 3.87. The minimum atomic E-state index is 0.0737. The first-order valence-electron chi connectivity index (χ1n) is 11.7. The third kappa shape index (κ3) is 8.17. The summed E-state index contributed by atoms with van der Waals surface area (Å²) >= 11 is 0. The molecule has 0 amide bonds. The average molecular weight is 473 g/mol. The highest BCUT2D eigenvalue weighted by atomic mass is 16.5. The van der Waals surface area contributed by atoms with E-state index in [1.165, 1.54) is 12.1 Å². The molecule has 0 atom stereocenters. The lowest BCUT2D eigenvalue weighted by Crippen LogP contribution is -2.02. The molecule has 0 bridgehead atoms. The topological polar surface area (TPSA) is 124 Å². The van der Waals surface area contributed by atoms with Gasteiger partial charge >= 0.3 is 0 Å². The van der Waals surface area contributed by atoms with Crippen LogP contribution in [0.15, 0.2) is 46.7 Å². The molecule has 0 aliphatic rings. The molecular weight excluding hydrogens is 436 g/mol. The van der Waals surface area contributed by atoms with Crippen LogP contribution in [-0.4, -0.2) is 46.3 Å². The summed E-state index contributed by atoms with van der Waals surface area (Å²) in [5.41, 5.74) is 1.91. The van der Waals surface area contributed by atoms with Crippen molar-refractivity contribution in [2.75, 3.05) is 14.2 Å². The summed E-state index contributed by atoms with van der Waals surface area (Å²) in [5, 5.41) is 45.5. The highest BCUT2D eigenvalue weighted by molar-refractivity contribution is 6.03. The van der Waals surface area contributed by atoms with E-state index in [0.717, 1.165) is 51.4 Å². The number of ether oxygens (including phenoxy) is 2. The smallest absolute Gasteiger partial charge is 0.125 e. The molecule has 0 saturated heterocycles. The predicted octanol–water partition coefficient (Wildman–Crippen LogP) is 6.07. The molecule has 0 fully saturated rings. The standard InChI is InChI=1S/C26H36N2O6/c1-33-19-13-15-25(29)21(17-19)23(27-31)11-9-7-5-3-4-6-8-10-12-24(28-32)22-18-20(34-2)14-16-26(22)30/h13-18,29-32H,3-12H2,1-2H3/b27-23-,28-24-. The van der Waals surface area contributed by atoms with Crippen LogP contribution in [0.4, 0.5) is 0 Å². The van der Waals surface area contributed by atoms with Crippen LogP contribution in [0.1, 0.15) is 75.3 Å². The highest BCUT2D eigenvalue weighted by Crippen LogP contribution is 2.26. The lowest BCUT2D eigenvalue weighted by atomic mass is 10.00. The number of rotatable bonds is 15. The Morgan fingerprint density at radius 2 is 0.971 bits per heavy atom. The van der Waals surface area contributed by atoms with Crippen LogP contribution in [0.25, 0.3) is 0 Å². The number of hydrogen-bond donors (Lipinski definition) is 4. The molecule has 34 heavy (non-hydrogen) atoms. The van der Waals surface area contributed by atoms with Crippen LogP contribution in [0.3, 0.4) is 0 Å². The van der Waals surface area contributed by atoms with Gasteiger partial charge in [0.15, 0.2) is 0 Å². The second kappa shape index (κ2) is 14.7. The van der Waals surface area contributed by atoms with Crippen LogP contribution < -0.4 is 9.47 Å². The zero-order chi connectivity index (χ0) is 24.8. The lowest BCUT2D eigenvalue weighted by Gasteiger charge is -2.09. The van der Waals surface area contributed by atoms with Gasteiger partial charge in [-0.25, -0.2) is 0 Å². The van der Waals surface area contributed by atoms with Crippen LogP contribution in [0.2, 0.25) is 0 Å². The van der Waals surface area contributed by atoms with Crippen molar-refractivity contribution in [1.29, 1.82) is 0 Å². The molecular formula is C26H36N2O6. The molecule has 0 spiro atoms. The van der Waals surface area contributed by atoms with Gasteiger partial charge in [0.05, 0.1) is 25.6 Å². The molecule has 186 valence electrons. The summed E-state index contributed by atoms with van der Waals surface area (Å²) in [4.78, 5) is 0. The van der Waals surface area contributed by atoms with Gasteiger partial charge in [0.25, 0.3) is 0 Å². The zero-order valence-corrected chi connectivity index (χ0v) is 20.0. The summed E-state index contributed by atoms with van der Waals surface area (Å²) in [7, 11) is 3.10. The van der Waals surface area contributed by atoms with Crippen LogP contribution in [0.5, 0.6) is 23.0 Å². The number of phenolic OH excluding ortho intramolecular Hbond substituents is 2. The van der Waals surface area contributed by atoms with E-state index >= 15 is 0 Å². The maximum absolute atomic E-state index is 10.0. The summed E-state index contributed by atoms with van der Waals surface area (Å²) in [6.45, 7) is 0. The molecule has 8 nitrogen and oxygen atoms in total. The molecule has 8 heteroatoms. The normalized spacial score (nSPS) is 12.1. The summed E-state index contributed by atoms with van der Waals surface area (Å²) in [6, 6.07) is 9.74. The number of benzene rings is 2. The molecule has 0 heterocycles. The third-order valence-corrected chi connectivity index (χ3v) is 5.85. The number of nitrogens with zero attached hydrogens (tertiary/aromatic N) is 2. The number of unbranched alkanes of at least 4 members (excludes halogenated alkanes) is 7. The van der Waals surface area contributed by atoms with E-state index in [4.69, 9.17) is 9.47 Å². The Morgan fingerprint density at radius 1 is 0.618 bits per heavy atom. The van der Waals surface area contributed by atoms with E-state index in [1.54, 1.807) is 38.5 Å². The molecule has 0 saturated carbocycles. The first-order chi connectivity index (χ1) is 16.5. The van der Waals surface area contributed by atoms with E-state index in [-0.39, 0.29) is 11.5 Å². The monoisotopic (exact) mass is 472 g/mol. The number of hydrogen-bond acceptors (Lipinski definition) is 8. The molecule has 0 aliphatic carbocycles. The first kappa shape index (κ1) is 26.8. The van der Waals surface area contributed by atoms with Gasteiger partial charge in [-0.3, -0.25) is 0 Å². The molecule has 0 radical (unpaired) electrons. The fourth-order valence-corrected chi connectivity index (χ4v) is 3.87. The maximum atomic E-state index is 10.0. The van der Waals surface area contributed by atoms with Crippen molar-refractivity contribution in [3.63, 3.8) is 0 Å². The molecule has 2 rings (SSSR count). The summed E-state index contributed by atoms with van der Waals surface area (Å²) < 4.78 is 10.4. The van der Waals surface area contributed by atoms with Crippen LogP contribution in [0, 0.1) is 0 Å². The van der Waals surface area contributed by atoms with Gasteiger partial charge in [-0.1, -0.05) is 48.8 Å². The number of oxime groups is 2. The minimum absolute atomic E-state index is 0.0737. The quantitative estimate of drug-likeness (QED) is 0.108. The van der Waals surface area contributed by atoms with Crippen molar-refractivity contribution in [1.82, 2.24) is 0 Å². The minimum Gasteiger partial charge on any atom is -0.507 e. The lowest BCUT2D eigenvalue weighted by molar-refractivity contribution is 0.317. The second-order valence-corrected chi connectivity index (χ2v) is 8.19. The van der Waals surface area contributed by atoms with Crippen LogP contribution in [-0.2, 0) is 0 Å². The van der Waals surface area contributed by atoms with Crippen molar-refractivity contribution in [3.05, 3.63) is 47.5 Å². The van der Waals surface area contributed by atoms with E-state index in [1.807, 2.05) is 0 Å². The Kier molecular flexibility index (Phi) is 11.6. The Balaban J connectivity index is 1.61. The molecule has 0 aromatic heterocycles. The number of methoxy groups -OCH3 is 2. The van der Waals surface area contributed by atoms with Crippen molar-refractivity contribution in [2.24, 2.45) is 10.3 Å². The maximum Gasteiger partial charge on any atom is 0.125 e. The second-order valence-electron chi connectivity index (χ2n) is 8.19. The predicted molar refractivity (Wildman–Crippen MR) is 132 cm³/mol. The van der Waals surface area contributed by atoms with E-state index < -0.39 is 0 Å². The molecule has 0 unspecified atom stereocenters. The van der Waals surface area contributed by atoms with E-state index in [9.17, 15) is 20.6 Å². The molecule has 2 aromatic rings. The van der Waals surface area contributed by atoms with Crippen molar-refractivity contribution < 1.29 is 30.1 Å². The van der Waals surface area contributed by atoms with Gasteiger partial charge < -0.3 is 30.1 Å². The number of aromatic hydroxyl groups is 2. The molecule has 4 N–H and O–H groups in total. The Labute approximate surface area is 201 Å². The van der Waals surface area contributed by atoms with Crippen LogP contribution >= 0.6 is 0 Å². The summed E-state index contributed by atoms with van der Waals surface area (Å²) in [6.07, 6.45) is 9.34. The zero-order valence-electron chi connectivity index (χ0n) is 20.0. The Hall–Kier alpha value is -3.42. The van der Waals surface area contributed by atoms with Gasteiger partial charge in [-0.15, -0.1) is 0 Å². The Bertz CT molecular complexity index is 881. The van der Waals surface area contributed by atoms with Gasteiger partial charge in [0, 0.05) is 11.1 Å².